The van der Waals surface area contributed by atoms with Crippen LogP contribution in [0.4, 0.5) is 11.6 Å². The average Bonchev–Trinajstić information content (AvgIpc) is 2.92. The van der Waals surface area contributed by atoms with Crippen molar-refractivity contribution in [2.24, 2.45) is 0 Å². The summed E-state index contributed by atoms with van der Waals surface area (Å²) in [7, 11) is 0. The largest absolute Gasteiger partial charge is 0.394 e. The molecule has 0 aliphatic heterocycles. The number of imidazole rings is 1. The maximum atomic E-state index is 12.0. The molecule has 0 fully saturated rings. The van der Waals surface area contributed by atoms with Crippen LogP contribution >= 0.6 is 0 Å². The summed E-state index contributed by atoms with van der Waals surface area (Å²) in [5.41, 5.74) is 0.936. The van der Waals surface area contributed by atoms with Crippen LogP contribution in [-0.2, 0) is 6.54 Å². The van der Waals surface area contributed by atoms with E-state index in [0.717, 1.165) is 5.69 Å². The van der Waals surface area contributed by atoms with Gasteiger partial charge in [-0.25, -0.2) is 4.98 Å². The quantitative estimate of drug-likeness (QED) is 0.535. The Morgan fingerprint density at radius 3 is 2.82 bits per heavy atom. The van der Waals surface area contributed by atoms with Gasteiger partial charge in [-0.1, -0.05) is 18.2 Å². The van der Waals surface area contributed by atoms with Gasteiger partial charge in [0.05, 0.1) is 25.6 Å². The number of aromatic amines is 1. The molecule has 114 valence electrons. The highest BCUT2D eigenvalue weighted by Crippen LogP contribution is 2.13. The fraction of sp³-hybridized carbons (Fsp3) is 0.214. The van der Waals surface area contributed by atoms with Crippen molar-refractivity contribution in [3.05, 3.63) is 47.0 Å². The molecule has 0 radical (unpaired) electrons. The standard InChI is InChI=1S/C14H15N5O3/c20-7-10(21)6-19-8-15-11-12(19)17-14(18-13(11)22)16-9-4-2-1-3-5-9/h1-5,8,10,20-21H,6-7H2,(H2,16,17,18,22). The number of hydrogen-bond acceptors (Lipinski definition) is 6. The number of para-hydroxylation sites is 1. The number of aromatic nitrogens is 4. The molecule has 0 bridgehead atoms. The van der Waals surface area contributed by atoms with Gasteiger partial charge >= 0.3 is 0 Å². The molecule has 8 nitrogen and oxygen atoms in total. The van der Waals surface area contributed by atoms with Crippen molar-refractivity contribution in [1.82, 2.24) is 19.5 Å². The SMILES string of the molecule is O=c1[nH]c(Nc2ccccc2)nc2c1ncn2CC(O)CO. The molecule has 2 heterocycles. The van der Waals surface area contributed by atoms with E-state index in [0.29, 0.717) is 5.65 Å². The number of aliphatic hydroxyl groups excluding tert-OH is 2. The average molecular weight is 301 g/mol. The number of rotatable bonds is 5. The minimum atomic E-state index is -0.941. The number of fused-ring (bicyclic) bond motifs is 1. The lowest BCUT2D eigenvalue weighted by Crippen LogP contribution is -2.20. The first-order valence-corrected chi connectivity index (χ1v) is 6.73. The van der Waals surface area contributed by atoms with E-state index in [1.54, 1.807) is 0 Å². The van der Waals surface area contributed by atoms with E-state index in [-0.39, 0.29) is 30.2 Å². The van der Waals surface area contributed by atoms with E-state index in [2.05, 4.69) is 20.3 Å². The molecule has 0 amide bonds. The van der Waals surface area contributed by atoms with Crippen molar-refractivity contribution in [3.8, 4) is 0 Å². The highest BCUT2D eigenvalue weighted by atomic mass is 16.3. The second kappa shape index (κ2) is 5.96. The highest BCUT2D eigenvalue weighted by molar-refractivity contribution is 5.71. The lowest BCUT2D eigenvalue weighted by atomic mass is 10.3. The van der Waals surface area contributed by atoms with Crippen LogP contribution in [0.1, 0.15) is 0 Å². The number of benzene rings is 1. The third-order valence-corrected chi connectivity index (χ3v) is 3.13. The summed E-state index contributed by atoms with van der Waals surface area (Å²) >= 11 is 0. The van der Waals surface area contributed by atoms with E-state index >= 15 is 0 Å². The number of nitrogens with one attached hydrogen (secondary N) is 2. The van der Waals surface area contributed by atoms with E-state index < -0.39 is 6.10 Å². The molecule has 0 aliphatic rings. The van der Waals surface area contributed by atoms with Gasteiger partial charge in [0, 0.05) is 5.69 Å². The molecular weight excluding hydrogens is 286 g/mol. The van der Waals surface area contributed by atoms with Gasteiger partial charge in [-0.3, -0.25) is 9.78 Å². The Labute approximate surface area is 125 Å². The predicted octanol–water partition coefficient (Wildman–Crippen LogP) is 0.216. The second-order valence-corrected chi connectivity index (χ2v) is 4.81. The number of H-pyrrole nitrogens is 1. The predicted molar refractivity (Wildman–Crippen MR) is 81.0 cm³/mol. The second-order valence-electron chi connectivity index (χ2n) is 4.81. The first-order chi connectivity index (χ1) is 10.7. The van der Waals surface area contributed by atoms with E-state index in [9.17, 15) is 9.90 Å². The van der Waals surface area contributed by atoms with Crippen LogP contribution in [0, 0.1) is 0 Å². The van der Waals surface area contributed by atoms with Crippen molar-refractivity contribution in [1.29, 1.82) is 0 Å². The molecule has 3 rings (SSSR count). The van der Waals surface area contributed by atoms with Crippen molar-refractivity contribution in [2.75, 3.05) is 11.9 Å². The minimum Gasteiger partial charge on any atom is -0.394 e. The van der Waals surface area contributed by atoms with Crippen LogP contribution in [0.15, 0.2) is 41.5 Å². The van der Waals surface area contributed by atoms with Gasteiger partial charge < -0.3 is 20.1 Å². The van der Waals surface area contributed by atoms with Crippen LogP contribution in [0.5, 0.6) is 0 Å². The normalized spacial score (nSPS) is 12.5. The van der Waals surface area contributed by atoms with Crippen molar-refractivity contribution >= 4 is 22.8 Å². The summed E-state index contributed by atoms with van der Waals surface area (Å²) in [6, 6.07) is 9.30. The summed E-state index contributed by atoms with van der Waals surface area (Å²) in [4.78, 5) is 23.0. The summed E-state index contributed by atoms with van der Waals surface area (Å²) in [6.07, 6.45) is 0.474. The Morgan fingerprint density at radius 2 is 2.09 bits per heavy atom. The third kappa shape index (κ3) is 2.83. The number of anilines is 2. The van der Waals surface area contributed by atoms with Crippen molar-refractivity contribution in [3.63, 3.8) is 0 Å². The molecule has 0 saturated heterocycles. The first kappa shape index (κ1) is 14.2. The lowest BCUT2D eigenvalue weighted by Gasteiger charge is -2.09. The molecule has 1 atom stereocenters. The summed E-state index contributed by atoms with van der Waals surface area (Å²) in [5.74, 6) is 0.281. The zero-order valence-electron chi connectivity index (χ0n) is 11.6. The molecular formula is C14H15N5O3. The smallest absolute Gasteiger partial charge is 0.280 e. The zero-order chi connectivity index (χ0) is 15.5. The molecule has 4 N–H and O–H groups in total. The zero-order valence-corrected chi connectivity index (χ0v) is 11.6. The Morgan fingerprint density at radius 1 is 1.32 bits per heavy atom. The van der Waals surface area contributed by atoms with Gasteiger partial charge in [-0.05, 0) is 12.1 Å². The molecule has 8 heteroatoms. The Kier molecular flexibility index (Phi) is 3.86. The van der Waals surface area contributed by atoms with Crippen LogP contribution in [0.25, 0.3) is 11.2 Å². The van der Waals surface area contributed by atoms with Crippen LogP contribution < -0.4 is 10.9 Å². The van der Waals surface area contributed by atoms with Gasteiger partial charge in [0.15, 0.2) is 11.2 Å². The Balaban J connectivity index is 1.99. The topological polar surface area (TPSA) is 116 Å². The maximum absolute atomic E-state index is 12.0. The molecule has 22 heavy (non-hydrogen) atoms. The highest BCUT2D eigenvalue weighted by Gasteiger charge is 2.12. The Hall–Kier alpha value is -2.71. The molecule has 0 aliphatic carbocycles. The van der Waals surface area contributed by atoms with Gasteiger partial charge in [-0.15, -0.1) is 0 Å². The van der Waals surface area contributed by atoms with Crippen LogP contribution in [-0.4, -0.2) is 42.4 Å². The molecule has 1 aromatic carbocycles. The van der Waals surface area contributed by atoms with Crippen molar-refractivity contribution in [2.45, 2.75) is 12.6 Å². The van der Waals surface area contributed by atoms with E-state index in [1.165, 1.54) is 10.9 Å². The van der Waals surface area contributed by atoms with Crippen LogP contribution in [0.3, 0.4) is 0 Å². The summed E-state index contributed by atoms with van der Waals surface area (Å²) in [5, 5.41) is 21.5. The minimum absolute atomic E-state index is 0.105. The molecule has 2 aromatic heterocycles. The lowest BCUT2D eigenvalue weighted by molar-refractivity contribution is 0.0820. The fourth-order valence-corrected chi connectivity index (χ4v) is 2.09. The van der Waals surface area contributed by atoms with Crippen molar-refractivity contribution < 1.29 is 10.2 Å². The van der Waals surface area contributed by atoms with E-state index in [4.69, 9.17) is 5.11 Å². The van der Waals surface area contributed by atoms with Gasteiger partial charge in [0.25, 0.3) is 5.56 Å². The summed E-state index contributed by atoms with van der Waals surface area (Å²) in [6.45, 7) is -0.272. The molecule has 0 saturated carbocycles. The molecule has 0 spiro atoms. The molecule has 3 aromatic rings. The Bertz CT molecular complexity index is 827. The summed E-state index contributed by atoms with van der Waals surface area (Å²) < 4.78 is 1.53. The number of hydrogen-bond donors (Lipinski definition) is 4. The van der Waals surface area contributed by atoms with Gasteiger partial charge in [0.1, 0.15) is 0 Å². The molecule has 1 unspecified atom stereocenters. The van der Waals surface area contributed by atoms with E-state index in [1.807, 2.05) is 30.3 Å². The maximum Gasteiger partial charge on any atom is 0.280 e. The van der Waals surface area contributed by atoms with Crippen LogP contribution in [0.2, 0.25) is 0 Å². The number of nitrogens with zero attached hydrogens (tertiary/aromatic N) is 3. The van der Waals surface area contributed by atoms with Gasteiger partial charge in [0.2, 0.25) is 5.95 Å². The fourth-order valence-electron chi connectivity index (χ4n) is 2.09. The van der Waals surface area contributed by atoms with Gasteiger partial charge in [-0.2, -0.15) is 4.98 Å². The third-order valence-electron chi connectivity index (χ3n) is 3.13. The number of aliphatic hydroxyl groups is 2. The monoisotopic (exact) mass is 301 g/mol. The first-order valence-electron chi connectivity index (χ1n) is 6.73.